The molecule has 0 aliphatic carbocycles. The summed E-state index contributed by atoms with van der Waals surface area (Å²) in [6, 6.07) is 6.54. The number of anilines is 1. The summed E-state index contributed by atoms with van der Waals surface area (Å²) in [6.45, 7) is 1.81. The fourth-order valence-electron chi connectivity index (χ4n) is 1.72. The molecular formula is C12H15N5O2S. The Morgan fingerprint density at radius 1 is 1.45 bits per heavy atom. The number of hydrogen-bond donors (Lipinski definition) is 3. The van der Waals surface area contributed by atoms with Gasteiger partial charge in [-0.15, -0.1) is 0 Å². The number of aromatic nitrogens is 2. The molecule has 106 valence electrons. The highest BCUT2D eigenvalue weighted by Crippen LogP contribution is 2.19. The molecule has 0 saturated carbocycles. The monoisotopic (exact) mass is 293 g/mol. The smallest absolute Gasteiger partial charge is 0.263 e. The van der Waals surface area contributed by atoms with Gasteiger partial charge in [0.15, 0.2) is 0 Å². The lowest BCUT2D eigenvalue weighted by molar-refractivity contribution is 0.600. The molecule has 1 aromatic carbocycles. The molecule has 0 saturated heterocycles. The Labute approximate surface area is 117 Å². The second kappa shape index (κ2) is 4.97. The molecular weight excluding hydrogens is 278 g/mol. The van der Waals surface area contributed by atoms with Gasteiger partial charge in [0.25, 0.3) is 10.0 Å². The molecule has 8 heteroatoms. The molecule has 0 fully saturated rings. The van der Waals surface area contributed by atoms with Gasteiger partial charge in [-0.25, -0.2) is 8.42 Å². The van der Waals surface area contributed by atoms with Crippen LogP contribution in [0.4, 0.5) is 5.82 Å². The Hall–Kier alpha value is -2.35. The molecule has 20 heavy (non-hydrogen) atoms. The molecule has 4 N–H and O–H groups in total. The van der Waals surface area contributed by atoms with Gasteiger partial charge in [0.1, 0.15) is 11.7 Å². The second-order valence-corrected chi connectivity index (χ2v) is 6.05. The molecule has 0 aliphatic heterocycles. The minimum Gasteiger partial charge on any atom is -0.384 e. The minimum atomic E-state index is -3.75. The number of nitrogen functional groups attached to an aromatic ring is 1. The van der Waals surface area contributed by atoms with Gasteiger partial charge in [0.2, 0.25) is 0 Å². The SMILES string of the molecule is Cc1cccc(S(=O)(=O)Nc2c(C(=N)N)cnn2C)c1. The summed E-state index contributed by atoms with van der Waals surface area (Å²) < 4.78 is 28.4. The standard InChI is InChI=1S/C12H15N5O2S/c1-8-4-3-5-9(6-8)20(18,19)16-12-10(11(13)14)7-15-17(12)2/h3-7,16H,1-2H3,(H3,13,14). The van der Waals surface area contributed by atoms with Crippen LogP contribution in [0, 0.1) is 12.3 Å². The van der Waals surface area contributed by atoms with Crippen molar-refractivity contribution in [3.63, 3.8) is 0 Å². The van der Waals surface area contributed by atoms with Crippen molar-refractivity contribution in [2.24, 2.45) is 12.8 Å². The number of nitrogens with two attached hydrogens (primary N) is 1. The van der Waals surface area contributed by atoms with Crippen molar-refractivity contribution in [2.45, 2.75) is 11.8 Å². The zero-order valence-corrected chi connectivity index (χ0v) is 11.9. The molecule has 2 aromatic rings. The first-order valence-corrected chi connectivity index (χ1v) is 7.25. The first-order chi connectivity index (χ1) is 9.31. The number of sulfonamides is 1. The molecule has 2 rings (SSSR count). The summed E-state index contributed by atoms with van der Waals surface area (Å²) in [4.78, 5) is 0.146. The van der Waals surface area contributed by atoms with E-state index in [0.717, 1.165) is 5.56 Å². The van der Waals surface area contributed by atoms with E-state index in [1.54, 1.807) is 19.2 Å². The average molecular weight is 293 g/mol. The summed E-state index contributed by atoms with van der Waals surface area (Å²) in [6.07, 6.45) is 1.34. The maximum Gasteiger partial charge on any atom is 0.263 e. The molecule has 0 spiro atoms. The van der Waals surface area contributed by atoms with Crippen molar-refractivity contribution >= 4 is 21.7 Å². The lowest BCUT2D eigenvalue weighted by atomic mass is 10.2. The van der Waals surface area contributed by atoms with Crippen LogP contribution in [-0.4, -0.2) is 24.0 Å². The van der Waals surface area contributed by atoms with E-state index in [1.165, 1.54) is 16.9 Å². The lowest BCUT2D eigenvalue weighted by Gasteiger charge is -2.10. The highest BCUT2D eigenvalue weighted by Gasteiger charge is 2.20. The van der Waals surface area contributed by atoms with Crippen LogP contribution in [0.3, 0.4) is 0 Å². The van der Waals surface area contributed by atoms with Crippen LogP contribution >= 0.6 is 0 Å². The zero-order chi connectivity index (χ0) is 14.9. The first-order valence-electron chi connectivity index (χ1n) is 5.77. The molecule has 0 unspecified atom stereocenters. The van der Waals surface area contributed by atoms with Crippen molar-refractivity contribution in [1.82, 2.24) is 9.78 Å². The predicted octanol–water partition coefficient (Wildman–Crippen LogP) is 0.813. The summed E-state index contributed by atoms with van der Waals surface area (Å²) in [5, 5.41) is 11.3. The number of nitrogens with one attached hydrogen (secondary N) is 2. The van der Waals surface area contributed by atoms with Crippen LogP contribution in [0.25, 0.3) is 0 Å². The number of nitrogens with zero attached hydrogens (tertiary/aromatic N) is 2. The van der Waals surface area contributed by atoms with E-state index < -0.39 is 10.0 Å². The topological polar surface area (TPSA) is 114 Å². The summed E-state index contributed by atoms with van der Waals surface area (Å²) >= 11 is 0. The quantitative estimate of drug-likeness (QED) is 0.571. The fourth-order valence-corrected chi connectivity index (χ4v) is 2.94. The third-order valence-corrected chi connectivity index (χ3v) is 4.10. The van der Waals surface area contributed by atoms with Crippen molar-refractivity contribution in [2.75, 3.05) is 4.72 Å². The van der Waals surface area contributed by atoms with Crippen LogP contribution in [0.5, 0.6) is 0 Å². The highest BCUT2D eigenvalue weighted by atomic mass is 32.2. The normalized spacial score (nSPS) is 11.3. The Kier molecular flexibility index (Phi) is 3.49. The summed E-state index contributed by atoms with van der Waals surface area (Å²) in [5.74, 6) is -0.0842. The van der Waals surface area contributed by atoms with Gasteiger partial charge in [-0.05, 0) is 24.6 Å². The van der Waals surface area contributed by atoms with Gasteiger partial charge in [-0.2, -0.15) is 5.10 Å². The van der Waals surface area contributed by atoms with Gasteiger partial charge in [-0.3, -0.25) is 14.8 Å². The maximum absolute atomic E-state index is 12.3. The van der Waals surface area contributed by atoms with Gasteiger partial charge in [0.05, 0.1) is 16.7 Å². The van der Waals surface area contributed by atoms with Crippen molar-refractivity contribution in [1.29, 1.82) is 5.41 Å². The third kappa shape index (κ3) is 2.64. The number of rotatable bonds is 4. The van der Waals surface area contributed by atoms with Crippen LogP contribution in [0.2, 0.25) is 0 Å². The first kappa shape index (κ1) is 14.1. The predicted molar refractivity (Wildman–Crippen MR) is 76.2 cm³/mol. The van der Waals surface area contributed by atoms with Gasteiger partial charge >= 0.3 is 0 Å². The molecule has 7 nitrogen and oxygen atoms in total. The molecule has 0 radical (unpaired) electrons. The summed E-state index contributed by atoms with van der Waals surface area (Å²) in [7, 11) is -2.18. The van der Waals surface area contributed by atoms with E-state index in [4.69, 9.17) is 11.1 Å². The summed E-state index contributed by atoms with van der Waals surface area (Å²) in [5.41, 5.74) is 6.48. The van der Waals surface area contributed by atoms with Gasteiger partial charge in [0, 0.05) is 7.05 Å². The third-order valence-electron chi connectivity index (χ3n) is 2.76. The van der Waals surface area contributed by atoms with E-state index in [-0.39, 0.29) is 22.1 Å². The average Bonchev–Trinajstić information content (AvgIpc) is 2.71. The van der Waals surface area contributed by atoms with E-state index in [9.17, 15) is 8.42 Å². The van der Waals surface area contributed by atoms with Crippen LogP contribution in [0.1, 0.15) is 11.1 Å². The van der Waals surface area contributed by atoms with Crippen molar-refractivity contribution in [3.8, 4) is 0 Å². The fraction of sp³-hybridized carbons (Fsp3) is 0.167. The van der Waals surface area contributed by atoms with Crippen LogP contribution in [0.15, 0.2) is 35.4 Å². The maximum atomic E-state index is 12.3. The minimum absolute atomic E-state index is 0.146. The van der Waals surface area contributed by atoms with Crippen molar-refractivity contribution < 1.29 is 8.42 Å². The number of aryl methyl sites for hydroxylation is 2. The Bertz CT molecular complexity index is 764. The molecule has 1 aromatic heterocycles. The Morgan fingerprint density at radius 3 is 2.75 bits per heavy atom. The van der Waals surface area contributed by atoms with Gasteiger partial charge < -0.3 is 5.73 Å². The molecule has 0 amide bonds. The zero-order valence-electron chi connectivity index (χ0n) is 11.1. The van der Waals surface area contributed by atoms with E-state index >= 15 is 0 Å². The lowest BCUT2D eigenvalue weighted by Crippen LogP contribution is -2.19. The largest absolute Gasteiger partial charge is 0.384 e. The van der Waals surface area contributed by atoms with E-state index in [0.29, 0.717) is 0 Å². The number of benzene rings is 1. The number of hydrogen-bond acceptors (Lipinski definition) is 4. The molecule has 0 aliphatic rings. The Morgan fingerprint density at radius 2 is 2.15 bits per heavy atom. The molecule has 0 atom stereocenters. The molecule has 1 heterocycles. The van der Waals surface area contributed by atoms with E-state index in [2.05, 4.69) is 9.82 Å². The van der Waals surface area contributed by atoms with Crippen LogP contribution in [-0.2, 0) is 17.1 Å². The van der Waals surface area contributed by atoms with Crippen LogP contribution < -0.4 is 10.5 Å². The second-order valence-electron chi connectivity index (χ2n) is 4.37. The van der Waals surface area contributed by atoms with E-state index in [1.807, 2.05) is 13.0 Å². The van der Waals surface area contributed by atoms with Gasteiger partial charge in [-0.1, -0.05) is 12.1 Å². The Balaban J connectivity index is 2.44. The van der Waals surface area contributed by atoms with Crippen molar-refractivity contribution in [3.05, 3.63) is 41.6 Å². The highest BCUT2D eigenvalue weighted by molar-refractivity contribution is 7.92. The number of amidine groups is 1. The molecule has 0 bridgehead atoms.